The molecule has 1 amide bonds. The molecule has 0 spiro atoms. The van der Waals surface area contributed by atoms with Gasteiger partial charge in [-0.15, -0.1) is 0 Å². The molecule has 1 aromatic heterocycles. The first-order valence-electron chi connectivity index (χ1n) is 2.31. The van der Waals surface area contributed by atoms with E-state index in [0.717, 1.165) is 0 Å². The van der Waals surface area contributed by atoms with Gasteiger partial charge < -0.3 is 10.2 Å². The number of nitrogens with zero attached hydrogens (tertiary/aromatic N) is 1. The molecule has 1 aromatic rings. The van der Waals surface area contributed by atoms with Crippen LogP contribution in [0.15, 0.2) is 23.3 Å². The van der Waals surface area contributed by atoms with E-state index in [9.17, 15) is 4.79 Å². The van der Waals surface area contributed by atoms with E-state index >= 15 is 0 Å². The maximum atomic E-state index is 9.22. The van der Waals surface area contributed by atoms with E-state index in [-0.39, 0.29) is 5.91 Å². The van der Waals surface area contributed by atoms with Gasteiger partial charge >= 0.3 is 0 Å². The second kappa shape index (κ2) is 4.83. The molecule has 4 nitrogen and oxygen atoms in total. The summed E-state index contributed by atoms with van der Waals surface area (Å²) in [6.45, 7) is 1.31. The molecule has 0 bridgehead atoms. The molecule has 0 atom stereocenters. The Hall–Kier alpha value is -1.32. The number of carbonyl (C=O) groups is 1. The molecule has 1 rings (SSSR count). The Kier molecular flexibility index (Phi) is 4.12. The fourth-order valence-corrected chi connectivity index (χ4v) is 0.176. The van der Waals surface area contributed by atoms with Gasteiger partial charge in [0.25, 0.3) is 0 Å². The summed E-state index contributed by atoms with van der Waals surface area (Å²) in [6, 6.07) is 0. The van der Waals surface area contributed by atoms with Crippen molar-refractivity contribution in [3.05, 3.63) is 18.9 Å². The molecule has 0 aliphatic carbocycles. The lowest BCUT2D eigenvalue weighted by molar-refractivity contribution is -0.115. The first kappa shape index (κ1) is 7.68. The fraction of sp³-hybridized carbons (Fsp3) is 0.200. The smallest absolute Gasteiger partial charge is 0.214 e. The summed E-state index contributed by atoms with van der Waals surface area (Å²) in [4.78, 5) is 12.8. The zero-order valence-electron chi connectivity index (χ0n) is 5.07. The predicted octanol–water partition coefficient (Wildman–Crippen LogP) is 0.166. The van der Waals surface area contributed by atoms with Crippen LogP contribution in [0.3, 0.4) is 0 Å². The Morgan fingerprint density at radius 3 is 2.44 bits per heavy atom. The van der Waals surface area contributed by atoms with Crippen molar-refractivity contribution in [1.29, 1.82) is 0 Å². The summed E-state index contributed by atoms with van der Waals surface area (Å²) in [5, 5.41) is 0. The summed E-state index contributed by atoms with van der Waals surface area (Å²) in [6.07, 6.45) is 4.47. The van der Waals surface area contributed by atoms with E-state index in [4.69, 9.17) is 0 Å². The first-order chi connectivity index (χ1) is 4.23. The molecule has 1 heterocycles. The molecule has 0 aliphatic rings. The highest BCUT2D eigenvalue weighted by atomic mass is 16.3. The second-order valence-corrected chi connectivity index (χ2v) is 1.29. The average Bonchev–Trinajstić information content (AvgIpc) is 2.11. The van der Waals surface area contributed by atoms with Crippen LogP contribution >= 0.6 is 0 Å². The van der Waals surface area contributed by atoms with Crippen LogP contribution in [0.1, 0.15) is 6.92 Å². The van der Waals surface area contributed by atoms with Crippen LogP contribution < -0.4 is 5.73 Å². The predicted molar refractivity (Wildman–Crippen MR) is 31.4 cm³/mol. The minimum atomic E-state index is -0.333. The van der Waals surface area contributed by atoms with E-state index in [1.807, 2.05) is 0 Å². The van der Waals surface area contributed by atoms with E-state index in [2.05, 4.69) is 15.1 Å². The molecule has 0 saturated heterocycles. The van der Waals surface area contributed by atoms with Crippen LogP contribution in [0.4, 0.5) is 0 Å². The van der Waals surface area contributed by atoms with E-state index in [1.54, 1.807) is 6.20 Å². The number of primary amides is 1. The van der Waals surface area contributed by atoms with Gasteiger partial charge in [0, 0.05) is 6.92 Å². The molecular formula is C5H8N2O2. The lowest BCUT2D eigenvalue weighted by atomic mass is 10.8. The highest BCUT2D eigenvalue weighted by Crippen LogP contribution is 1.72. The number of hydrogen-bond acceptors (Lipinski definition) is 3. The SMILES string of the molecule is CC(N)=O.c1cocn1. The quantitative estimate of drug-likeness (QED) is 0.541. The molecule has 0 aliphatic heterocycles. The van der Waals surface area contributed by atoms with Crippen LogP contribution in [-0.2, 0) is 4.79 Å². The number of aromatic nitrogens is 1. The number of rotatable bonds is 0. The Bertz CT molecular complexity index is 127. The van der Waals surface area contributed by atoms with Gasteiger partial charge in [0.05, 0.1) is 6.20 Å². The average molecular weight is 128 g/mol. The molecule has 2 N–H and O–H groups in total. The number of hydrogen-bond donors (Lipinski definition) is 1. The van der Waals surface area contributed by atoms with Crippen molar-refractivity contribution in [2.75, 3.05) is 0 Å². The summed E-state index contributed by atoms with van der Waals surface area (Å²) in [5.41, 5.74) is 4.47. The standard InChI is InChI=1S/C3H3NO.C2H5NO/c1-2-5-3-4-1;1-2(3)4/h1-3H;1H3,(H2,3,4). The number of carbonyl (C=O) groups excluding carboxylic acids is 1. The third kappa shape index (κ3) is 10.8. The maximum Gasteiger partial charge on any atom is 0.214 e. The van der Waals surface area contributed by atoms with Gasteiger partial charge in [-0.2, -0.15) is 0 Å². The van der Waals surface area contributed by atoms with Gasteiger partial charge in [-0.25, -0.2) is 4.98 Å². The highest BCUT2D eigenvalue weighted by Gasteiger charge is 1.61. The lowest BCUT2D eigenvalue weighted by Crippen LogP contribution is -2.01. The molecule has 0 fully saturated rings. The first-order valence-corrected chi connectivity index (χ1v) is 2.31. The monoisotopic (exact) mass is 128 g/mol. The fourth-order valence-electron chi connectivity index (χ4n) is 0.176. The van der Waals surface area contributed by atoms with Crippen molar-refractivity contribution in [2.24, 2.45) is 5.73 Å². The van der Waals surface area contributed by atoms with Crippen LogP contribution in [0.2, 0.25) is 0 Å². The molecule has 0 radical (unpaired) electrons. The van der Waals surface area contributed by atoms with E-state index in [1.165, 1.54) is 19.6 Å². The van der Waals surface area contributed by atoms with Gasteiger partial charge in [-0.3, -0.25) is 4.79 Å². The van der Waals surface area contributed by atoms with E-state index in [0.29, 0.717) is 0 Å². The second-order valence-electron chi connectivity index (χ2n) is 1.29. The zero-order chi connectivity index (χ0) is 7.11. The van der Waals surface area contributed by atoms with Gasteiger partial charge in [0.2, 0.25) is 5.91 Å². The Labute approximate surface area is 52.7 Å². The Morgan fingerprint density at radius 2 is 2.33 bits per heavy atom. The normalized spacial score (nSPS) is 7.22. The number of nitrogens with two attached hydrogens (primary N) is 1. The number of amides is 1. The molecular weight excluding hydrogens is 120 g/mol. The molecule has 0 aromatic carbocycles. The topological polar surface area (TPSA) is 69.1 Å². The molecule has 50 valence electrons. The summed E-state index contributed by atoms with van der Waals surface area (Å²) < 4.78 is 4.47. The third-order valence-corrected chi connectivity index (χ3v) is 0.347. The van der Waals surface area contributed by atoms with Crippen LogP contribution in [0.5, 0.6) is 0 Å². The molecule has 0 unspecified atom stereocenters. The molecule has 4 heteroatoms. The van der Waals surface area contributed by atoms with Gasteiger partial charge in [-0.05, 0) is 0 Å². The van der Waals surface area contributed by atoms with Crippen LogP contribution in [0, 0.1) is 0 Å². The van der Waals surface area contributed by atoms with Crippen molar-refractivity contribution in [3.8, 4) is 0 Å². The maximum absolute atomic E-state index is 9.22. The summed E-state index contributed by atoms with van der Waals surface area (Å²) in [5.74, 6) is -0.333. The highest BCUT2D eigenvalue weighted by molar-refractivity contribution is 5.70. The van der Waals surface area contributed by atoms with Crippen molar-refractivity contribution >= 4 is 5.91 Å². The van der Waals surface area contributed by atoms with Crippen molar-refractivity contribution in [3.63, 3.8) is 0 Å². The Balaban J connectivity index is 0.000000148. The lowest BCUT2D eigenvalue weighted by Gasteiger charge is -1.60. The largest absolute Gasteiger partial charge is 0.452 e. The van der Waals surface area contributed by atoms with Crippen molar-refractivity contribution < 1.29 is 9.21 Å². The van der Waals surface area contributed by atoms with Crippen molar-refractivity contribution in [2.45, 2.75) is 6.92 Å². The van der Waals surface area contributed by atoms with Gasteiger partial charge in [0.1, 0.15) is 6.26 Å². The molecule has 0 saturated carbocycles. The van der Waals surface area contributed by atoms with Gasteiger partial charge in [-0.1, -0.05) is 0 Å². The Morgan fingerprint density at radius 1 is 1.78 bits per heavy atom. The van der Waals surface area contributed by atoms with Crippen LogP contribution in [0.25, 0.3) is 0 Å². The van der Waals surface area contributed by atoms with Gasteiger partial charge in [0.15, 0.2) is 6.39 Å². The zero-order valence-corrected chi connectivity index (χ0v) is 5.07. The van der Waals surface area contributed by atoms with Crippen LogP contribution in [-0.4, -0.2) is 10.9 Å². The summed E-state index contributed by atoms with van der Waals surface area (Å²) >= 11 is 0. The summed E-state index contributed by atoms with van der Waals surface area (Å²) in [7, 11) is 0. The van der Waals surface area contributed by atoms with Crippen molar-refractivity contribution in [1.82, 2.24) is 4.98 Å². The minimum absolute atomic E-state index is 0.333. The molecule has 9 heavy (non-hydrogen) atoms. The number of oxazole rings is 1. The third-order valence-electron chi connectivity index (χ3n) is 0.347. The van der Waals surface area contributed by atoms with E-state index < -0.39 is 0 Å². The minimum Gasteiger partial charge on any atom is -0.452 e.